The lowest BCUT2D eigenvalue weighted by Crippen LogP contribution is -2.40. The maximum Gasteiger partial charge on any atom is 0.193 e. The van der Waals surface area contributed by atoms with E-state index in [1.807, 2.05) is 6.07 Å². The zero-order chi connectivity index (χ0) is 14.9. The molecular weight excluding hydrogens is 299 g/mol. The van der Waals surface area contributed by atoms with Crippen LogP contribution in [0.5, 0.6) is 0 Å². The lowest BCUT2D eigenvalue weighted by molar-refractivity contribution is 0.135. The molecule has 2 aliphatic rings. The molecule has 2 heterocycles. The van der Waals surface area contributed by atoms with Crippen LogP contribution in [-0.4, -0.2) is 31.6 Å². The highest BCUT2D eigenvalue weighted by Gasteiger charge is 2.28. The van der Waals surface area contributed by atoms with Crippen molar-refractivity contribution in [2.75, 3.05) is 5.88 Å². The van der Waals surface area contributed by atoms with E-state index < -0.39 is 0 Å². The van der Waals surface area contributed by atoms with E-state index in [0.29, 0.717) is 6.04 Å². The molecule has 0 amide bonds. The molecule has 4 nitrogen and oxygen atoms in total. The Bertz CT molecular complexity index is 666. The van der Waals surface area contributed by atoms with Gasteiger partial charge in [0.05, 0.1) is 12.5 Å². The summed E-state index contributed by atoms with van der Waals surface area (Å²) in [5, 5.41) is 9.49. The van der Waals surface area contributed by atoms with Gasteiger partial charge < -0.3 is 0 Å². The van der Waals surface area contributed by atoms with E-state index in [4.69, 9.17) is 0 Å². The first-order valence-electron chi connectivity index (χ1n) is 7.87. The summed E-state index contributed by atoms with van der Waals surface area (Å²) in [5.41, 5.74) is 0.796. The Morgan fingerprint density at radius 3 is 2.82 bits per heavy atom. The van der Waals surface area contributed by atoms with Crippen molar-refractivity contribution in [3.05, 3.63) is 30.1 Å². The minimum atomic E-state index is -0.234. The van der Waals surface area contributed by atoms with E-state index in [2.05, 4.69) is 19.7 Å². The molecule has 0 radical (unpaired) electrons. The second-order valence-corrected chi connectivity index (χ2v) is 6.95. The Morgan fingerprint density at radius 1 is 1.14 bits per heavy atom. The van der Waals surface area contributed by atoms with E-state index in [0.717, 1.165) is 29.1 Å². The lowest BCUT2D eigenvalue weighted by atomic mass is 9.95. The zero-order valence-electron chi connectivity index (χ0n) is 12.4. The van der Waals surface area contributed by atoms with Crippen molar-refractivity contribution in [3.8, 4) is 11.4 Å². The summed E-state index contributed by atoms with van der Waals surface area (Å²) in [5.74, 6) is 1.51. The van der Waals surface area contributed by atoms with Gasteiger partial charge in [-0.15, -0.1) is 10.2 Å². The first-order chi connectivity index (χ1) is 10.8. The summed E-state index contributed by atoms with van der Waals surface area (Å²) in [6, 6.07) is 7.27. The molecule has 1 aliphatic carbocycles. The van der Waals surface area contributed by atoms with Gasteiger partial charge in [-0.2, -0.15) is 0 Å². The quantitative estimate of drug-likeness (QED) is 0.845. The van der Waals surface area contributed by atoms with E-state index in [9.17, 15) is 4.39 Å². The van der Waals surface area contributed by atoms with Crippen LogP contribution in [0.4, 0.5) is 4.39 Å². The number of aromatic nitrogens is 3. The molecule has 0 bridgehead atoms. The Morgan fingerprint density at radius 2 is 2.00 bits per heavy atom. The molecule has 2 aromatic rings. The smallest absolute Gasteiger partial charge is 0.193 e. The van der Waals surface area contributed by atoms with Crippen LogP contribution in [0.25, 0.3) is 11.4 Å². The maximum atomic E-state index is 13.5. The van der Waals surface area contributed by atoms with Crippen molar-refractivity contribution < 1.29 is 4.39 Å². The van der Waals surface area contributed by atoms with Gasteiger partial charge in [-0.25, -0.2) is 4.39 Å². The number of hydrogen-bond donors (Lipinski definition) is 0. The van der Waals surface area contributed by atoms with Gasteiger partial charge >= 0.3 is 0 Å². The normalized spacial score (nSPS) is 20.0. The van der Waals surface area contributed by atoms with Gasteiger partial charge in [0, 0.05) is 11.6 Å². The Labute approximate surface area is 133 Å². The summed E-state index contributed by atoms with van der Waals surface area (Å²) < 4.78 is 15.6. The lowest BCUT2D eigenvalue weighted by Gasteiger charge is -2.36. The molecule has 0 N–H and O–H groups in total. The molecule has 0 atom stereocenters. The Hall–Kier alpha value is -1.40. The highest BCUT2D eigenvalue weighted by molar-refractivity contribution is 7.99. The molecule has 0 saturated heterocycles. The van der Waals surface area contributed by atoms with Crippen LogP contribution in [-0.2, 0) is 6.67 Å². The fourth-order valence-corrected chi connectivity index (χ4v) is 4.37. The molecule has 6 heteroatoms. The molecule has 22 heavy (non-hydrogen) atoms. The Kier molecular flexibility index (Phi) is 3.88. The van der Waals surface area contributed by atoms with E-state index in [-0.39, 0.29) is 5.82 Å². The third-order valence-corrected chi connectivity index (χ3v) is 5.59. The summed E-state index contributed by atoms with van der Waals surface area (Å²) in [7, 11) is 0. The van der Waals surface area contributed by atoms with Gasteiger partial charge in [-0.05, 0) is 25.0 Å². The van der Waals surface area contributed by atoms with Crippen molar-refractivity contribution in [1.82, 2.24) is 19.7 Å². The minimum Gasteiger partial charge on any atom is -0.288 e. The first kappa shape index (κ1) is 14.2. The van der Waals surface area contributed by atoms with E-state index in [1.165, 1.54) is 44.2 Å². The molecule has 1 fully saturated rings. The van der Waals surface area contributed by atoms with Crippen LogP contribution in [0.2, 0.25) is 0 Å². The molecule has 4 rings (SSSR count). The number of rotatable bonds is 2. The van der Waals surface area contributed by atoms with E-state index >= 15 is 0 Å². The second-order valence-electron chi connectivity index (χ2n) is 6.04. The molecule has 1 saturated carbocycles. The molecule has 116 valence electrons. The standard InChI is InChI=1S/C16H19FN4S/c17-13-6-4-5-12(9-13)15-18-19-16-21(15)10-20(11-22-16)14-7-2-1-3-8-14/h4-6,9,14H,1-3,7-8,10-11H2. The maximum absolute atomic E-state index is 13.5. The van der Waals surface area contributed by atoms with Crippen molar-refractivity contribution in [1.29, 1.82) is 0 Å². The highest BCUT2D eigenvalue weighted by Crippen LogP contribution is 2.33. The van der Waals surface area contributed by atoms with Crippen LogP contribution in [0, 0.1) is 5.82 Å². The van der Waals surface area contributed by atoms with Crippen LogP contribution < -0.4 is 0 Å². The topological polar surface area (TPSA) is 34.0 Å². The van der Waals surface area contributed by atoms with Gasteiger partial charge in [-0.1, -0.05) is 43.2 Å². The molecular formula is C16H19FN4S. The average Bonchev–Trinajstić information content (AvgIpc) is 2.99. The molecule has 1 aromatic heterocycles. The summed E-state index contributed by atoms with van der Waals surface area (Å²) in [4.78, 5) is 2.52. The number of halogens is 1. The third-order valence-electron chi connectivity index (χ3n) is 4.57. The van der Waals surface area contributed by atoms with Crippen LogP contribution in [0.1, 0.15) is 32.1 Å². The molecule has 1 aliphatic heterocycles. The van der Waals surface area contributed by atoms with Gasteiger partial charge in [0.1, 0.15) is 5.82 Å². The SMILES string of the molecule is Fc1cccc(-c2nnc3n2CN(C2CCCCC2)CS3)c1. The minimum absolute atomic E-state index is 0.234. The highest BCUT2D eigenvalue weighted by atomic mass is 32.2. The summed E-state index contributed by atoms with van der Waals surface area (Å²) in [6.07, 6.45) is 6.60. The predicted octanol–water partition coefficient (Wildman–Crippen LogP) is 3.74. The van der Waals surface area contributed by atoms with Crippen LogP contribution in [0.15, 0.2) is 29.4 Å². The second kappa shape index (κ2) is 6.01. The fraction of sp³-hybridized carbons (Fsp3) is 0.500. The largest absolute Gasteiger partial charge is 0.288 e. The number of benzene rings is 1. The van der Waals surface area contributed by atoms with Crippen molar-refractivity contribution in [3.63, 3.8) is 0 Å². The molecule has 1 aromatic carbocycles. The van der Waals surface area contributed by atoms with Gasteiger partial charge in [0.15, 0.2) is 11.0 Å². The first-order valence-corrected chi connectivity index (χ1v) is 8.86. The average molecular weight is 318 g/mol. The third kappa shape index (κ3) is 2.65. The monoisotopic (exact) mass is 318 g/mol. The molecule has 0 unspecified atom stereocenters. The van der Waals surface area contributed by atoms with Crippen LogP contribution >= 0.6 is 11.8 Å². The van der Waals surface area contributed by atoms with Crippen LogP contribution in [0.3, 0.4) is 0 Å². The van der Waals surface area contributed by atoms with Gasteiger partial charge in [0.2, 0.25) is 0 Å². The number of fused-ring (bicyclic) bond motifs is 1. The van der Waals surface area contributed by atoms with Gasteiger partial charge in [0.25, 0.3) is 0 Å². The number of thioether (sulfide) groups is 1. The number of nitrogens with zero attached hydrogens (tertiary/aromatic N) is 4. The predicted molar refractivity (Wildman–Crippen MR) is 84.9 cm³/mol. The van der Waals surface area contributed by atoms with Crippen molar-refractivity contribution >= 4 is 11.8 Å². The Balaban J connectivity index is 1.62. The van der Waals surface area contributed by atoms with Crippen molar-refractivity contribution in [2.24, 2.45) is 0 Å². The van der Waals surface area contributed by atoms with E-state index in [1.54, 1.807) is 17.8 Å². The number of hydrogen-bond acceptors (Lipinski definition) is 4. The summed E-state index contributed by atoms with van der Waals surface area (Å²) in [6.45, 7) is 0.811. The zero-order valence-corrected chi connectivity index (χ0v) is 13.2. The summed E-state index contributed by atoms with van der Waals surface area (Å²) >= 11 is 1.73. The van der Waals surface area contributed by atoms with Gasteiger partial charge in [-0.3, -0.25) is 9.47 Å². The fourth-order valence-electron chi connectivity index (χ4n) is 3.39. The van der Waals surface area contributed by atoms with Crippen molar-refractivity contribution in [2.45, 2.75) is 50.0 Å². The molecule has 0 spiro atoms.